The van der Waals surface area contributed by atoms with Crippen LogP contribution in [0.4, 0.5) is 0 Å². The Balaban J connectivity index is 1.08. The second-order valence-corrected chi connectivity index (χ2v) is 12.1. The Hall–Kier alpha value is -3.15. The Labute approximate surface area is 212 Å². The molecule has 5 aliphatic rings. The maximum atomic E-state index is 14.2. The highest BCUT2D eigenvalue weighted by Gasteiger charge is 2.61. The van der Waals surface area contributed by atoms with Crippen LogP contribution >= 0.6 is 0 Å². The third kappa shape index (κ3) is 3.40. The molecule has 6 heteroatoms. The third-order valence-corrected chi connectivity index (χ3v) is 9.70. The number of imidazole rings is 1. The molecule has 2 atom stereocenters. The predicted octanol–water partition coefficient (Wildman–Crippen LogP) is 4.69. The Kier molecular flexibility index (Phi) is 4.86. The van der Waals surface area contributed by atoms with Gasteiger partial charge in [0.1, 0.15) is 0 Å². The van der Waals surface area contributed by atoms with E-state index >= 15 is 0 Å². The van der Waals surface area contributed by atoms with Crippen LogP contribution in [0.1, 0.15) is 60.0 Å². The van der Waals surface area contributed by atoms with Crippen molar-refractivity contribution in [2.75, 3.05) is 26.2 Å². The number of amides is 2. The van der Waals surface area contributed by atoms with Crippen molar-refractivity contribution in [2.24, 2.45) is 17.3 Å². The van der Waals surface area contributed by atoms with Gasteiger partial charge in [0.2, 0.25) is 5.91 Å². The number of nitrogens with one attached hydrogen (secondary N) is 1. The number of aromatic amines is 1. The van der Waals surface area contributed by atoms with Gasteiger partial charge in [-0.2, -0.15) is 0 Å². The van der Waals surface area contributed by atoms with Crippen molar-refractivity contribution in [1.82, 2.24) is 19.8 Å². The first kappa shape index (κ1) is 22.1. The van der Waals surface area contributed by atoms with Gasteiger partial charge in [0.05, 0.1) is 22.8 Å². The summed E-state index contributed by atoms with van der Waals surface area (Å²) >= 11 is 0. The summed E-state index contributed by atoms with van der Waals surface area (Å²) < 4.78 is 0. The number of nitrogens with zero attached hydrogens (tertiary/aromatic N) is 3. The number of carbonyl (C=O) groups is 2. The number of H-pyrrole nitrogens is 1. The van der Waals surface area contributed by atoms with E-state index in [2.05, 4.69) is 46.1 Å². The Morgan fingerprint density at radius 3 is 2.33 bits per heavy atom. The maximum Gasteiger partial charge on any atom is 0.254 e. The lowest BCUT2D eigenvalue weighted by Crippen LogP contribution is -2.61. The van der Waals surface area contributed by atoms with Gasteiger partial charge in [-0.05, 0) is 86.5 Å². The third-order valence-electron chi connectivity index (χ3n) is 9.70. The smallest absolute Gasteiger partial charge is 0.254 e. The van der Waals surface area contributed by atoms with Gasteiger partial charge in [0, 0.05) is 31.7 Å². The molecule has 4 aliphatic carbocycles. The van der Waals surface area contributed by atoms with E-state index in [1.54, 1.807) is 6.33 Å². The molecule has 2 unspecified atom stereocenters. The van der Waals surface area contributed by atoms with E-state index in [0.29, 0.717) is 49.5 Å². The van der Waals surface area contributed by atoms with E-state index in [1.165, 1.54) is 30.4 Å². The molecule has 1 aliphatic heterocycles. The number of fused-ring (bicyclic) bond motifs is 1. The van der Waals surface area contributed by atoms with E-state index in [0.717, 1.165) is 30.3 Å². The zero-order valence-corrected chi connectivity index (χ0v) is 21.0. The number of hydrogen-bond donors (Lipinski definition) is 1. The lowest BCUT2D eigenvalue weighted by Gasteiger charge is -2.62. The molecule has 186 valence electrons. The Morgan fingerprint density at radius 1 is 0.917 bits per heavy atom. The number of hydrogen-bond acceptors (Lipinski definition) is 3. The van der Waals surface area contributed by atoms with Crippen LogP contribution in [0.5, 0.6) is 0 Å². The largest absolute Gasteiger partial charge is 0.345 e. The second kappa shape index (κ2) is 7.92. The molecule has 2 amide bonds. The van der Waals surface area contributed by atoms with Gasteiger partial charge >= 0.3 is 0 Å². The molecular weight excluding hydrogens is 448 g/mol. The summed E-state index contributed by atoms with van der Waals surface area (Å²) in [5.74, 6) is 1.72. The quantitative estimate of drug-likeness (QED) is 0.589. The van der Waals surface area contributed by atoms with Crippen molar-refractivity contribution in [2.45, 2.75) is 50.9 Å². The van der Waals surface area contributed by atoms with Crippen molar-refractivity contribution in [3.8, 4) is 0 Å². The van der Waals surface area contributed by atoms with Crippen LogP contribution in [0.15, 0.2) is 48.8 Å². The first-order chi connectivity index (χ1) is 17.4. The summed E-state index contributed by atoms with van der Waals surface area (Å²) in [7, 11) is 0. The highest BCUT2D eigenvalue weighted by Crippen LogP contribution is 2.66. The van der Waals surface area contributed by atoms with Gasteiger partial charge in [-0.15, -0.1) is 0 Å². The fourth-order valence-corrected chi connectivity index (χ4v) is 8.46. The van der Waals surface area contributed by atoms with Gasteiger partial charge in [-0.3, -0.25) is 9.59 Å². The van der Waals surface area contributed by atoms with Crippen molar-refractivity contribution >= 4 is 22.8 Å². The molecule has 4 bridgehead atoms. The molecule has 0 radical (unpaired) electrons. The summed E-state index contributed by atoms with van der Waals surface area (Å²) in [4.78, 5) is 38.6. The van der Waals surface area contributed by atoms with E-state index in [1.807, 2.05) is 23.1 Å². The topological polar surface area (TPSA) is 69.3 Å². The van der Waals surface area contributed by atoms with Crippen molar-refractivity contribution in [1.29, 1.82) is 0 Å². The van der Waals surface area contributed by atoms with E-state index < -0.39 is 0 Å². The highest BCUT2D eigenvalue weighted by atomic mass is 16.2. The van der Waals surface area contributed by atoms with Crippen LogP contribution in [0.2, 0.25) is 0 Å². The normalized spacial score (nSPS) is 31.2. The van der Waals surface area contributed by atoms with Gasteiger partial charge in [-0.25, -0.2) is 4.98 Å². The molecule has 1 N–H and O–H groups in total. The number of aromatic nitrogens is 2. The molecule has 4 saturated carbocycles. The summed E-state index contributed by atoms with van der Waals surface area (Å²) in [5, 5.41) is 0. The minimum absolute atomic E-state index is 0.0340. The van der Waals surface area contributed by atoms with Gasteiger partial charge in [0.15, 0.2) is 0 Å². The van der Waals surface area contributed by atoms with Crippen molar-refractivity contribution in [3.63, 3.8) is 0 Å². The van der Waals surface area contributed by atoms with Crippen LogP contribution in [0.3, 0.4) is 0 Å². The SMILES string of the molecule is Cc1ccc(C23CC4CC(CC(C(=O)N5CCN(C(=O)c6ccc7nc[nH]c7c6)CC5)(C4)C2)C3)cc1. The van der Waals surface area contributed by atoms with E-state index in [9.17, 15) is 9.59 Å². The van der Waals surface area contributed by atoms with E-state index in [4.69, 9.17) is 0 Å². The molecule has 2 aromatic carbocycles. The van der Waals surface area contributed by atoms with Gasteiger partial charge in [0.25, 0.3) is 5.91 Å². The number of rotatable bonds is 3. The molecule has 5 fully saturated rings. The minimum Gasteiger partial charge on any atom is -0.345 e. The summed E-state index contributed by atoms with van der Waals surface area (Å²) in [6.45, 7) is 4.60. The lowest BCUT2D eigenvalue weighted by atomic mass is 9.42. The zero-order valence-electron chi connectivity index (χ0n) is 21.0. The molecule has 0 spiro atoms. The number of benzene rings is 2. The molecule has 2 heterocycles. The average Bonchev–Trinajstić information content (AvgIpc) is 3.35. The van der Waals surface area contributed by atoms with Crippen LogP contribution < -0.4 is 0 Å². The number of aryl methyl sites for hydroxylation is 1. The summed E-state index contributed by atoms with van der Waals surface area (Å²) in [6, 6.07) is 14.7. The van der Waals surface area contributed by atoms with Crippen LogP contribution in [-0.4, -0.2) is 57.8 Å². The lowest BCUT2D eigenvalue weighted by molar-refractivity contribution is -0.161. The molecule has 3 aromatic rings. The fraction of sp³-hybridized carbons (Fsp3) is 0.500. The average molecular weight is 483 g/mol. The van der Waals surface area contributed by atoms with Crippen molar-refractivity contribution < 1.29 is 9.59 Å². The molecular formula is C30H34N4O2. The maximum absolute atomic E-state index is 14.2. The van der Waals surface area contributed by atoms with Crippen LogP contribution in [0.25, 0.3) is 11.0 Å². The monoisotopic (exact) mass is 482 g/mol. The summed E-state index contributed by atoms with van der Waals surface area (Å²) in [6.07, 6.45) is 8.54. The molecule has 1 aromatic heterocycles. The minimum atomic E-state index is -0.215. The van der Waals surface area contributed by atoms with Gasteiger partial charge < -0.3 is 14.8 Å². The molecule has 1 saturated heterocycles. The standard InChI is InChI=1S/C30H34N4O2/c1-20-2-5-24(6-3-20)29-14-21-12-22(15-29)17-30(16-21,18-29)28(36)34-10-8-33(9-11-34)27(35)23-4-7-25-26(13-23)32-19-31-25/h2-7,13,19,21-22H,8-12,14-18H2,1H3,(H,31,32). The predicted molar refractivity (Wildman–Crippen MR) is 139 cm³/mol. The van der Waals surface area contributed by atoms with E-state index in [-0.39, 0.29) is 16.7 Å². The zero-order chi connectivity index (χ0) is 24.5. The first-order valence-electron chi connectivity index (χ1n) is 13.5. The van der Waals surface area contributed by atoms with Crippen molar-refractivity contribution in [3.05, 3.63) is 65.5 Å². The second-order valence-electron chi connectivity index (χ2n) is 12.1. The number of piperazine rings is 1. The first-order valence-corrected chi connectivity index (χ1v) is 13.5. The fourth-order valence-electron chi connectivity index (χ4n) is 8.46. The highest BCUT2D eigenvalue weighted by molar-refractivity contribution is 5.97. The molecule has 6 nitrogen and oxygen atoms in total. The molecule has 36 heavy (non-hydrogen) atoms. The summed E-state index contributed by atoms with van der Waals surface area (Å²) in [5.41, 5.74) is 5.10. The molecule has 8 rings (SSSR count). The van der Waals surface area contributed by atoms with Gasteiger partial charge in [-0.1, -0.05) is 29.8 Å². The Bertz CT molecular complexity index is 1320. The number of carbonyl (C=O) groups excluding carboxylic acids is 2. The Morgan fingerprint density at radius 2 is 1.61 bits per heavy atom. The van der Waals surface area contributed by atoms with Crippen LogP contribution in [0, 0.1) is 24.2 Å². The van der Waals surface area contributed by atoms with Crippen LogP contribution in [-0.2, 0) is 10.2 Å².